The van der Waals surface area contributed by atoms with E-state index in [1.165, 1.54) is 0 Å². The average Bonchev–Trinajstić information content (AvgIpc) is 3.28. The van der Waals surface area contributed by atoms with Crippen LogP contribution in [0.25, 0.3) is 6.08 Å². The van der Waals surface area contributed by atoms with Gasteiger partial charge < -0.3 is 15.0 Å². The maximum atomic E-state index is 12.9. The molecule has 1 fully saturated rings. The lowest BCUT2D eigenvalue weighted by Crippen LogP contribution is -2.47. The van der Waals surface area contributed by atoms with Gasteiger partial charge in [-0.15, -0.1) is 11.3 Å². The smallest absolute Gasteiger partial charge is 0.244 e. The summed E-state index contributed by atoms with van der Waals surface area (Å²) in [6, 6.07) is 17.9. The lowest BCUT2D eigenvalue weighted by atomic mass is 10.1. The first-order valence-electron chi connectivity index (χ1n) is 11.6. The van der Waals surface area contributed by atoms with Crippen LogP contribution in [-0.4, -0.2) is 60.5 Å². The number of carbonyl (C=O) groups excluding carboxylic acids is 1. The molecule has 0 saturated carbocycles. The molecule has 2 heterocycles. The van der Waals surface area contributed by atoms with Crippen molar-refractivity contribution in [1.29, 1.82) is 0 Å². The monoisotopic (exact) mass is 476 g/mol. The minimum Gasteiger partial charge on any atom is -0.487 e. The van der Waals surface area contributed by atoms with Crippen LogP contribution in [0.4, 0.5) is 0 Å². The number of rotatable bonds is 9. The molecule has 3 aromatic rings. The number of carbonyl (C=O) groups is 1. The highest BCUT2D eigenvalue weighted by atomic mass is 32.1. The van der Waals surface area contributed by atoms with E-state index in [1.54, 1.807) is 17.4 Å². The molecule has 1 N–H and O–H groups in total. The highest BCUT2D eigenvalue weighted by Gasteiger charge is 2.20. The molecule has 1 unspecified atom stereocenters. The third kappa shape index (κ3) is 7.00. The summed E-state index contributed by atoms with van der Waals surface area (Å²) in [5.41, 5.74) is 2.89. The first-order chi connectivity index (χ1) is 16.6. The van der Waals surface area contributed by atoms with E-state index in [0.717, 1.165) is 60.3 Å². The number of nitrogens with one attached hydrogen (secondary N) is 1. The van der Waals surface area contributed by atoms with E-state index < -0.39 is 0 Å². The molecular weight excluding hydrogens is 444 g/mol. The minimum atomic E-state index is -0.118. The first-order valence-corrected chi connectivity index (χ1v) is 12.5. The Kier molecular flexibility index (Phi) is 8.46. The molecule has 34 heavy (non-hydrogen) atoms. The van der Waals surface area contributed by atoms with Gasteiger partial charge >= 0.3 is 0 Å². The Morgan fingerprint density at radius 3 is 2.59 bits per heavy atom. The molecule has 1 amide bonds. The van der Waals surface area contributed by atoms with Crippen molar-refractivity contribution in [3.63, 3.8) is 0 Å². The van der Waals surface area contributed by atoms with Gasteiger partial charge in [0.15, 0.2) is 0 Å². The summed E-state index contributed by atoms with van der Waals surface area (Å²) in [7, 11) is 2.15. The van der Waals surface area contributed by atoms with E-state index in [0.29, 0.717) is 6.61 Å². The summed E-state index contributed by atoms with van der Waals surface area (Å²) < 4.78 is 5.98. The van der Waals surface area contributed by atoms with Crippen LogP contribution < -0.4 is 10.1 Å². The fourth-order valence-corrected chi connectivity index (χ4v) is 4.57. The SMILES string of the molecule is Cc1nc(COc2ccccc2/C=C/C(=O)NC(CN2CCN(C)CC2)c2ccccc2)cs1. The molecule has 7 heteroatoms. The van der Waals surface area contributed by atoms with Crippen LogP contribution in [0.3, 0.4) is 0 Å². The van der Waals surface area contributed by atoms with E-state index in [-0.39, 0.29) is 11.9 Å². The molecular formula is C27H32N4O2S. The quantitative estimate of drug-likeness (QED) is 0.470. The van der Waals surface area contributed by atoms with Gasteiger partial charge in [-0.1, -0.05) is 48.5 Å². The normalized spacial score (nSPS) is 15.9. The summed E-state index contributed by atoms with van der Waals surface area (Å²) in [6.07, 6.45) is 3.41. The standard InChI is InChI=1S/C27H32N4O2S/c1-21-28-24(20-34-21)19-33-26-11-7-6-10-23(26)12-13-27(32)29-25(22-8-4-3-5-9-22)18-31-16-14-30(2)15-17-31/h3-13,20,25H,14-19H2,1-2H3,(H,29,32)/b13-12+. The van der Waals surface area contributed by atoms with Crippen LogP contribution in [0, 0.1) is 6.92 Å². The number of benzene rings is 2. The Bertz CT molecular complexity index is 1090. The largest absolute Gasteiger partial charge is 0.487 e. The van der Waals surface area contributed by atoms with E-state index in [4.69, 9.17) is 4.74 Å². The molecule has 178 valence electrons. The number of piperazine rings is 1. The van der Waals surface area contributed by atoms with Crippen LogP contribution in [0.1, 0.15) is 27.9 Å². The second-order valence-electron chi connectivity index (χ2n) is 8.59. The van der Waals surface area contributed by atoms with Crippen molar-refractivity contribution in [2.45, 2.75) is 19.6 Å². The Hall–Kier alpha value is -3.00. The Morgan fingerprint density at radius 1 is 1.12 bits per heavy atom. The van der Waals surface area contributed by atoms with Crippen molar-refractivity contribution in [1.82, 2.24) is 20.1 Å². The zero-order valence-corrected chi connectivity index (χ0v) is 20.6. The van der Waals surface area contributed by atoms with E-state index >= 15 is 0 Å². The molecule has 6 nitrogen and oxygen atoms in total. The minimum absolute atomic E-state index is 0.0684. The predicted molar refractivity (Wildman–Crippen MR) is 138 cm³/mol. The van der Waals surface area contributed by atoms with Crippen LogP contribution >= 0.6 is 11.3 Å². The lowest BCUT2D eigenvalue weighted by Gasteiger charge is -2.34. The van der Waals surface area contributed by atoms with Gasteiger partial charge in [0.2, 0.25) is 5.91 Å². The Labute approximate surface area is 205 Å². The molecule has 0 aliphatic carbocycles. The van der Waals surface area contributed by atoms with Gasteiger partial charge in [0.1, 0.15) is 12.4 Å². The van der Waals surface area contributed by atoms with Crippen LogP contribution in [0.15, 0.2) is 66.1 Å². The molecule has 0 spiro atoms. The fourth-order valence-electron chi connectivity index (χ4n) is 3.97. The average molecular weight is 477 g/mol. The second kappa shape index (κ2) is 11.9. The predicted octanol–water partition coefficient (Wildman–Crippen LogP) is 4.15. The molecule has 0 bridgehead atoms. The first kappa shape index (κ1) is 24.1. The summed E-state index contributed by atoms with van der Waals surface area (Å²) in [5, 5.41) is 6.24. The summed E-state index contributed by atoms with van der Waals surface area (Å²) in [5.74, 6) is 0.613. The van der Waals surface area contributed by atoms with Gasteiger partial charge in [-0.05, 0) is 31.7 Å². The molecule has 4 rings (SSSR count). The molecule has 1 aromatic heterocycles. The topological polar surface area (TPSA) is 57.7 Å². The number of hydrogen-bond donors (Lipinski definition) is 1. The maximum Gasteiger partial charge on any atom is 0.244 e. The van der Waals surface area contributed by atoms with Crippen LogP contribution in [0.5, 0.6) is 5.75 Å². The van der Waals surface area contributed by atoms with Crippen LogP contribution in [0.2, 0.25) is 0 Å². The van der Waals surface area contributed by atoms with Gasteiger partial charge in [-0.25, -0.2) is 4.98 Å². The van der Waals surface area contributed by atoms with E-state index in [2.05, 4.69) is 39.3 Å². The van der Waals surface area contributed by atoms with Crippen molar-refractivity contribution in [2.75, 3.05) is 39.8 Å². The van der Waals surface area contributed by atoms with Crippen molar-refractivity contribution in [2.24, 2.45) is 0 Å². The molecule has 1 aliphatic heterocycles. The number of hydrogen-bond acceptors (Lipinski definition) is 6. The van der Waals surface area contributed by atoms with Gasteiger partial charge in [0.05, 0.1) is 16.7 Å². The summed E-state index contributed by atoms with van der Waals surface area (Å²) >= 11 is 1.61. The van der Waals surface area contributed by atoms with Crippen molar-refractivity contribution >= 4 is 23.3 Å². The second-order valence-corrected chi connectivity index (χ2v) is 9.66. The molecule has 0 radical (unpaired) electrons. The highest BCUT2D eigenvalue weighted by molar-refractivity contribution is 7.09. The van der Waals surface area contributed by atoms with Crippen molar-refractivity contribution in [3.8, 4) is 5.75 Å². The lowest BCUT2D eigenvalue weighted by molar-refractivity contribution is -0.117. The van der Waals surface area contributed by atoms with E-state index in [9.17, 15) is 4.79 Å². The molecule has 1 atom stereocenters. The van der Waals surface area contributed by atoms with Crippen LogP contribution in [-0.2, 0) is 11.4 Å². The molecule has 2 aromatic carbocycles. The fraction of sp³-hybridized carbons (Fsp3) is 0.333. The maximum absolute atomic E-state index is 12.9. The third-order valence-corrected chi connectivity index (χ3v) is 6.75. The number of para-hydroxylation sites is 1. The number of aromatic nitrogens is 1. The number of aryl methyl sites for hydroxylation is 1. The third-order valence-electron chi connectivity index (χ3n) is 5.93. The molecule has 1 aliphatic rings. The summed E-state index contributed by atoms with van der Waals surface area (Å²) in [6.45, 7) is 7.30. The van der Waals surface area contributed by atoms with Gasteiger partial charge in [-0.2, -0.15) is 0 Å². The zero-order chi connectivity index (χ0) is 23.8. The Morgan fingerprint density at radius 2 is 1.85 bits per heavy atom. The highest BCUT2D eigenvalue weighted by Crippen LogP contribution is 2.22. The number of nitrogens with zero attached hydrogens (tertiary/aromatic N) is 3. The van der Waals surface area contributed by atoms with Gasteiger partial charge in [0.25, 0.3) is 0 Å². The Balaban J connectivity index is 1.40. The number of likely N-dealkylation sites (N-methyl/N-ethyl adjacent to an activating group) is 1. The van der Waals surface area contributed by atoms with Gasteiger partial charge in [-0.3, -0.25) is 9.69 Å². The number of ether oxygens (including phenoxy) is 1. The summed E-state index contributed by atoms with van der Waals surface area (Å²) in [4.78, 5) is 22.1. The zero-order valence-electron chi connectivity index (χ0n) is 19.8. The molecule has 1 saturated heterocycles. The number of amides is 1. The number of thiazole rings is 1. The van der Waals surface area contributed by atoms with Crippen molar-refractivity contribution in [3.05, 3.63) is 87.9 Å². The van der Waals surface area contributed by atoms with Crippen molar-refractivity contribution < 1.29 is 9.53 Å². The van der Waals surface area contributed by atoms with Gasteiger partial charge in [0, 0.05) is 49.7 Å². The van der Waals surface area contributed by atoms with E-state index in [1.807, 2.05) is 60.8 Å².